The highest BCUT2D eigenvalue weighted by molar-refractivity contribution is 8.14. The Labute approximate surface area is 184 Å². The topological polar surface area (TPSA) is 33.4 Å². The molecule has 7 heteroatoms. The molecule has 2 aromatic heterocycles. The van der Waals surface area contributed by atoms with Crippen molar-refractivity contribution in [3.63, 3.8) is 0 Å². The van der Waals surface area contributed by atoms with Crippen molar-refractivity contribution in [2.45, 2.75) is 31.5 Å². The number of thioether (sulfide) groups is 1. The molecule has 0 radical (unpaired) electrons. The second-order valence-electron chi connectivity index (χ2n) is 7.24. The van der Waals surface area contributed by atoms with Gasteiger partial charge >= 0.3 is 0 Å². The Balaban J connectivity index is 1.64. The molecule has 1 saturated heterocycles. The van der Waals surface area contributed by atoms with Gasteiger partial charge in [0.2, 0.25) is 0 Å². The van der Waals surface area contributed by atoms with Gasteiger partial charge in [0.05, 0.1) is 16.4 Å². The maximum absolute atomic E-state index is 6.56. The van der Waals surface area contributed by atoms with Gasteiger partial charge in [-0.2, -0.15) is 0 Å². The zero-order valence-corrected chi connectivity index (χ0v) is 18.2. The summed E-state index contributed by atoms with van der Waals surface area (Å²) >= 11 is 14.5. The summed E-state index contributed by atoms with van der Waals surface area (Å²) in [7, 11) is 0. The van der Waals surface area contributed by atoms with Crippen molar-refractivity contribution in [3.05, 3.63) is 82.4 Å². The van der Waals surface area contributed by atoms with E-state index in [4.69, 9.17) is 28.2 Å². The second-order valence-corrected chi connectivity index (χ2v) is 9.07. The summed E-state index contributed by atoms with van der Waals surface area (Å²) in [5, 5.41) is 2.38. The Bertz CT molecular complexity index is 1070. The number of fused-ring (bicyclic) bond motifs is 1. The monoisotopic (exact) mass is 442 g/mol. The van der Waals surface area contributed by atoms with E-state index in [1.54, 1.807) is 6.07 Å². The lowest BCUT2D eigenvalue weighted by Crippen LogP contribution is -2.36. The molecule has 148 valence electrons. The zero-order valence-electron chi connectivity index (χ0n) is 15.9. The van der Waals surface area contributed by atoms with Crippen LogP contribution in [0, 0.1) is 0 Å². The number of pyridine rings is 1. The minimum absolute atomic E-state index is 0.0484. The van der Waals surface area contributed by atoms with E-state index in [-0.39, 0.29) is 12.1 Å². The minimum Gasteiger partial charge on any atom is -0.337 e. The summed E-state index contributed by atoms with van der Waals surface area (Å²) < 4.78 is 2.16. The molecule has 5 rings (SSSR count). The van der Waals surface area contributed by atoms with E-state index in [2.05, 4.69) is 45.8 Å². The molecule has 1 fully saturated rings. The molecule has 0 bridgehead atoms. The number of hydrogen-bond donors (Lipinski definition) is 0. The van der Waals surface area contributed by atoms with E-state index in [0.717, 1.165) is 34.4 Å². The van der Waals surface area contributed by atoms with Crippen molar-refractivity contribution < 1.29 is 0 Å². The van der Waals surface area contributed by atoms with Crippen LogP contribution in [0.4, 0.5) is 0 Å². The Morgan fingerprint density at radius 1 is 1.14 bits per heavy atom. The average molecular weight is 443 g/mol. The fourth-order valence-corrected chi connectivity index (χ4v) is 6.04. The largest absolute Gasteiger partial charge is 0.337 e. The molecule has 0 saturated carbocycles. The summed E-state index contributed by atoms with van der Waals surface area (Å²) in [5.41, 5.74) is 3.07. The first-order chi connectivity index (χ1) is 14.2. The van der Waals surface area contributed by atoms with E-state index >= 15 is 0 Å². The van der Waals surface area contributed by atoms with Crippen LogP contribution in [0.15, 0.2) is 65.9 Å². The van der Waals surface area contributed by atoms with E-state index in [1.807, 2.05) is 42.2 Å². The van der Waals surface area contributed by atoms with Crippen LogP contribution in [-0.4, -0.2) is 31.4 Å². The van der Waals surface area contributed by atoms with Crippen LogP contribution >= 0.6 is 35.0 Å². The van der Waals surface area contributed by atoms with Crippen LogP contribution in [0.3, 0.4) is 0 Å². The first-order valence-corrected chi connectivity index (χ1v) is 11.4. The van der Waals surface area contributed by atoms with Crippen LogP contribution in [0.25, 0.3) is 5.69 Å². The van der Waals surface area contributed by atoms with Crippen LogP contribution in [0.1, 0.15) is 36.8 Å². The molecule has 0 amide bonds. The summed E-state index contributed by atoms with van der Waals surface area (Å²) in [6, 6.07) is 16.4. The number of halogens is 2. The third-order valence-electron chi connectivity index (χ3n) is 5.58. The maximum atomic E-state index is 6.56. The number of aliphatic imine (C=N–C) groups is 1. The van der Waals surface area contributed by atoms with Crippen molar-refractivity contribution >= 4 is 40.1 Å². The van der Waals surface area contributed by atoms with Gasteiger partial charge < -0.3 is 9.47 Å². The maximum Gasteiger partial charge on any atom is 0.160 e. The van der Waals surface area contributed by atoms with Gasteiger partial charge in [-0.05, 0) is 48.9 Å². The second kappa shape index (κ2) is 7.71. The van der Waals surface area contributed by atoms with Crippen molar-refractivity contribution in [2.24, 2.45) is 4.99 Å². The van der Waals surface area contributed by atoms with Crippen LogP contribution in [0.5, 0.6) is 0 Å². The molecule has 2 aliphatic rings. The van der Waals surface area contributed by atoms with Crippen molar-refractivity contribution in [1.82, 2.24) is 14.5 Å². The highest BCUT2D eigenvalue weighted by Crippen LogP contribution is 2.49. The quantitative estimate of drug-likeness (QED) is 0.484. The summed E-state index contributed by atoms with van der Waals surface area (Å²) in [5.74, 6) is 1.07. The van der Waals surface area contributed by atoms with Gasteiger partial charge in [0.1, 0.15) is 12.1 Å². The first kappa shape index (κ1) is 19.0. The third-order valence-corrected chi connectivity index (χ3v) is 7.25. The van der Waals surface area contributed by atoms with E-state index in [9.17, 15) is 0 Å². The molecule has 0 unspecified atom stereocenters. The van der Waals surface area contributed by atoms with Crippen LogP contribution < -0.4 is 0 Å². The third kappa shape index (κ3) is 3.25. The Hall–Kier alpha value is -1.95. The van der Waals surface area contributed by atoms with Crippen LogP contribution in [-0.2, 0) is 0 Å². The number of benzene rings is 1. The van der Waals surface area contributed by atoms with E-state index in [0.29, 0.717) is 16.1 Å². The fraction of sp³-hybridized carbons (Fsp3) is 0.273. The number of rotatable bonds is 4. The van der Waals surface area contributed by atoms with Gasteiger partial charge in [0.15, 0.2) is 5.17 Å². The molecule has 4 heterocycles. The Kier molecular flexibility index (Phi) is 5.06. The SMILES string of the molecule is CC[C@H]1CSC2=N[C@@H](c3ccccn3)[C@@H](c3cccn3-c3ccc(Cl)cc3Cl)N21. The molecular weight excluding hydrogens is 423 g/mol. The molecular formula is C22H20Cl2N4S. The van der Waals surface area contributed by atoms with Gasteiger partial charge in [-0.1, -0.05) is 48.0 Å². The number of amidine groups is 1. The fourth-order valence-electron chi connectivity index (χ4n) is 4.20. The van der Waals surface area contributed by atoms with Gasteiger partial charge in [-0.25, -0.2) is 0 Å². The molecule has 0 aliphatic carbocycles. The van der Waals surface area contributed by atoms with Crippen molar-refractivity contribution in [2.75, 3.05) is 5.75 Å². The minimum atomic E-state index is -0.0484. The lowest BCUT2D eigenvalue weighted by Gasteiger charge is -2.32. The van der Waals surface area contributed by atoms with Crippen LogP contribution in [0.2, 0.25) is 10.0 Å². The molecule has 1 aromatic carbocycles. The molecule has 3 aromatic rings. The number of nitrogens with zero attached hydrogens (tertiary/aromatic N) is 4. The van der Waals surface area contributed by atoms with Gasteiger partial charge in [0, 0.05) is 34.9 Å². The molecule has 3 atom stereocenters. The predicted octanol–water partition coefficient (Wildman–Crippen LogP) is 6.16. The lowest BCUT2D eigenvalue weighted by atomic mass is 9.99. The molecule has 2 aliphatic heterocycles. The summed E-state index contributed by atoms with van der Waals surface area (Å²) in [6.45, 7) is 2.24. The molecule has 4 nitrogen and oxygen atoms in total. The standard InChI is InChI=1S/C22H20Cl2N4S/c1-2-15-13-29-22-26-20(17-6-3-4-10-25-17)21(28(15)22)19-7-5-11-27(19)18-9-8-14(23)12-16(18)24/h3-12,15,20-21H,2,13H2,1H3/t15-,20-,21+/m0/s1. The van der Waals surface area contributed by atoms with Crippen molar-refractivity contribution in [3.8, 4) is 5.69 Å². The van der Waals surface area contributed by atoms with Gasteiger partial charge in [-0.3, -0.25) is 9.98 Å². The number of hydrogen-bond acceptors (Lipinski definition) is 4. The predicted molar refractivity (Wildman–Crippen MR) is 121 cm³/mol. The average Bonchev–Trinajstić information content (AvgIpc) is 3.43. The Morgan fingerprint density at radius 2 is 2.03 bits per heavy atom. The molecule has 29 heavy (non-hydrogen) atoms. The molecule has 0 N–H and O–H groups in total. The summed E-state index contributed by atoms with van der Waals surface area (Å²) in [4.78, 5) is 12.2. The zero-order chi connectivity index (χ0) is 20.0. The first-order valence-electron chi connectivity index (χ1n) is 9.70. The van der Waals surface area contributed by atoms with Gasteiger partial charge in [0.25, 0.3) is 0 Å². The highest BCUT2D eigenvalue weighted by Gasteiger charge is 2.46. The van der Waals surface area contributed by atoms with Gasteiger partial charge in [-0.15, -0.1) is 0 Å². The normalized spacial score (nSPS) is 23.3. The van der Waals surface area contributed by atoms with E-state index < -0.39 is 0 Å². The van der Waals surface area contributed by atoms with E-state index in [1.165, 1.54) is 0 Å². The molecule has 0 spiro atoms. The summed E-state index contributed by atoms with van der Waals surface area (Å²) in [6.07, 6.45) is 4.98. The smallest absolute Gasteiger partial charge is 0.160 e. The Morgan fingerprint density at radius 3 is 2.79 bits per heavy atom. The van der Waals surface area contributed by atoms with Crippen molar-refractivity contribution in [1.29, 1.82) is 0 Å². The highest BCUT2D eigenvalue weighted by atomic mass is 35.5. The number of aromatic nitrogens is 2. The lowest BCUT2D eigenvalue weighted by molar-refractivity contribution is 0.249.